The number of anilines is 2. The standard InChI is InChI=1S/C25H26ClN3O2/c1-28-14-12-17-15-21(29(2)20-6-4-19(26)5-7-20)8-9-22(17)24(28)10-3-18-16-27-13-11-23(18)25(30)31/h4-9,11,13,15-16,24H,3,10,12,14H2,1-2H3,(H,30,31)/t24-/m0/s1. The van der Waals surface area contributed by atoms with E-state index in [9.17, 15) is 9.90 Å². The van der Waals surface area contributed by atoms with Crippen LogP contribution < -0.4 is 4.90 Å². The Morgan fingerprint density at radius 1 is 1.19 bits per heavy atom. The van der Waals surface area contributed by atoms with Crippen LogP contribution in [0.3, 0.4) is 0 Å². The molecule has 0 saturated heterocycles. The summed E-state index contributed by atoms with van der Waals surface area (Å²) < 4.78 is 0. The zero-order chi connectivity index (χ0) is 22.0. The number of halogens is 1. The number of hydrogen-bond acceptors (Lipinski definition) is 4. The zero-order valence-corrected chi connectivity index (χ0v) is 18.5. The van der Waals surface area contributed by atoms with Crippen LogP contribution in [0.15, 0.2) is 60.9 Å². The number of aromatic nitrogens is 1. The van der Waals surface area contributed by atoms with E-state index < -0.39 is 5.97 Å². The van der Waals surface area contributed by atoms with E-state index in [2.05, 4.69) is 47.1 Å². The third-order valence-electron chi connectivity index (χ3n) is 6.17. The minimum Gasteiger partial charge on any atom is -0.478 e. The Kier molecular flexibility index (Phi) is 6.25. The van der Waals surface area contributed by atoms with Crippen LogP contribution in [0.5, 0.6) is 0 Å². The van der Waals surface area contributed by atoms with Gasteiger partial charge in [-0.2, -0.15) is 0 Å². The highest BCUT2D eigenvalue weighted by atomic mass is 35.5. The van der Waals surface area contributed by atoms with Crippen molar-refractivity contribution in [1.82, 2.24) is 9.88 Å². The smallest absolute Gasteiger partial charge is 0.336 e. The van der Waals surface area contributed by atoms with E-state index in [1.807, 2.05) is 24.3 Å². The summed E-state index contributed by atoms with van der Waals surface area (Å²) in [5.41, 5.74) is 6.04. The quantitative estimate of drug-likeness (QED) is 0.564. The number of fused-ring (bicyclic) bond motifs is 1. The molecule has 0 spiro atoms. The molecule has 1 N–H and O–H groups in total. The zero-order valence-electron chi connectivity index (χ0n) is 17.8. The molecule has 31 heavy (non-hydrogen) atoms. The highest BCUT2D eigenvalue weighted by Gasteiger charge is 2.25. The molecule has 6 heteroatoms. The Balaban J connectivity index is 1.56. The van der Waals surface area contributed by atoms with Crippen molar-refractivity contribution < 1.29 is 9.90 Å². The summed E-state index contributed by atoms with van der Waals surface area (Å²) in [6.07, 6.45) is 5.74. The lowest BCUT2D eigenvalue weighted by molar-refractivity contribution is 0.0695. The first-order chi connectivity index (χ1) is 14.9. The van der Waals surface area contributed by atoms with Crippen molar-refractivity contribution in [3.63, 3.8) is 0 Å². The van der Waals surface area contributed by atoms with Crippen LogP contribution in [0.2, 0.25) is 5.02 Å². The van der Waals surface area contributed by atoms with Crippen molar-refractivity contribution in [2.45, 2.75) is 25.3 Å². The first-order valence-corrected chi connectivity index (χ1v) is 10.8. The number of aromatic carboxylic acids is 1. The van der Waals surface area contributed by atoms with Gasteiger partial charge in [-0.15, -0.1) is 0 Å². The predicted octanol–water partition coefficient (Wildman–Crippen LogP) is 5.36. The van der Waals surface area contributed by atoms with Gasteiger partial charge in [0.2, 0.25) is 0 Å². The number of benzene rings is 2. The van der Waals surface area contributed by atoms with Gasteiger partial charge in [0.1, 0.15) is 0 Å². The van der Waals surface area contributed by atoms with Gasteiger partial charge >= 0.3 is 5.97 Å². The molecule has 1 aromatic heterocycles. The summed E-state index contributed by atoms with van der Waals surface area (Å²) in [6, 6.07) is 16.3. The first-order valence-electron chi connectivity index (χ1n) is 10.4. The van der Waals surface area contributed by atoms with Crippen molar-refractivity contribution >= 4 is 28.9 Å². The minimum absolute atomic E-state index is 0.250. The molecule has 5 nitrogen and oxygen atoms in total. The van der Waals surface area contributed by atoms with Crippen molar-refractivity contribution in [1.29, 1.82) is 0 Å². The molecule has 1 atom stereocenters. The van der Waals surface area contributed by atoms with Gasteiger partial charge in [0.25, 0.3) is 0 Å². The summed E-state index contributed by atoms with van der Waals surface area (Å²) >= 11 is 6.03. The topological polar surface area (TPSA) is 56.7 Å². The number of carbonyl (C=O) groups is 1. The molecule has 0 saturated carbocycles. The van der Waals surface area contributed by atoms with Crippen molar-refractivity contribution in [3.05, 3.63) is 88.2 Å². The van der Waals surface area contributed by atoms with E-state index in [0.717, 1.165) is 41.3 Å². The first kappa shape index (κ1) is 21.3. The molecule has 0 radical (unpaired) electrons. The molecule has 4 rings (SSSR count). The molecule has 0 amide bonds. The second-order valence-corrected chi connectivity index (χ2v) is 8.48. The maximum absolute atomic E-state index is 11.5. The van der Waals surface area contributed by atoms with Gasteiger partial charge in [-0.3, -0.25) is 9.88 Å². The van der Waals surface area contributed by atoms with Crippen LogP contribution in [0.25, 0.3) is 0 Å². The molecule has 160 valence electrons. The monoisotopic (exact) mass is 435 g/mol. The average molecular weight is 436 g/mol. The molecule has 0 bridgehead atoms. The van der Waals surface area contributed by atoms with Gasteiger partial charge in [-0.25, -0.2) is 4.79 Å². The van der Waals surface area contributed by atoms with E-state index in [4.69, 9.17) is 11.6 Å². The van der Waals surface area contributed by atoms with E-state index in [1.54, 1.807) is 12.3 Å². The largest absolute Gasteiger partial charge is 0.478 e. The highest BCUT2D eigenvalue weighted by molar-refractivity contribution is 6.30. The fraction of sp³-hybridized carbons (Fsp3) is 0.280. The van der Waals surface area contributed by atoms with Gasteiger partial charge in [-0.05, 0) is 85.5 Å². The summed E-state index contributed by atoms with van der Waals surface area (Å²) in [5.74, 6) is -0.898. The van der Waals surface area contributed by atoms with Crippen LogP contribution in [0.4, 0.5) is 11.4 Å². The van der Waals surface area contributed by atoms with E-state index in [-0.39, 0.29) is 6.04 Å². The minimum atomic E-state index is -0.898. The number of rotatable bonds is 6. The lowest BCUT2D eigenvalue weighted by Crippen LogP contribution is -2.32. The third-order valence-corrected chi connectivity index (χ3v) is 6.43. The number of pyridine rings is 1. The molecule has 0 unspecified atom stereocenters. The summed E-state index contributed by atoms with van der Waals surface area (Å²) in [4.78, 5) is 20.2. The molecule has 0 aliphatic carbocycles. The van der Waals surface area contributed by atoms with Crippen LogP contribution in [0.1, 0.15) is 39.5 Å². The number of carboxylic acids is 1. The Morgan fingerprint density at radius 2 is 1.94 bits per heavy atom. The lowest BCUT2D eigenvalue weighted by Gasteiger charge is -2.35. The van der Waals surface area contributed by atoms with Crippen LogP contribution in [0, 0.1) is 0 Å². The molecule has 1 aliphatic rings. The third kappa shape index (κ3) is 4.58. The Labute approximate surface area is 187 Å². The number of likely N-dealkylation sites (N-methyl/N-ethyl adjacent to an activating group) is 1. The molecular weight excluding hydrogens is 410 g/mol. The summed E-state index contributed by atoms with van der Waals surface area (Å²) in [5, 5.41) is 10.2. The highest BCUT2D eigenvalue weighted by Crippen LogP contribution is 2.36. The molecule has 1 aliphatic heterocycles. The lowest BCUT2D eigenvalue weighted by atomic mass is 9.88. The Morgan fingerprint density at radius 3 is 2.68 bits per heavy atom. The van der Waals surface area contributed by atoms with Crippen LogP contribution in [-0.4, -0.2) is 41.6 Å². The average Bonchev–Trinajstić information content (AvgIpc) is 2.78. The fourth-order valence-electron chi connectivity index (χ4n) is 4.35. The van der Waals surface area contributed by atoms with Crippen molar-refractivity contribution in [2.75, 3.05) is 25.5 Å². The Hall–Kier alpha value is -2.89. The van der Waals surface area contributed by atoms with Gasteiger partial charge in [-0.1, -0.05) is 17.7 Å². The van der Waals surface area contributed by atoms with E-state index in [0.29, 0.717) is 12.0 Å². The normalized spacial score (nSPS) is 16.0. The van der Waals surface area contributed by atoms with E-state index in [1.165, 1.54) is 17.3 Å². The van der Waals surface area contributed by atoms with Gasteiger partial charge in [0, 0.05) is 48.4 Å². The van der Waals surface area contributed by atoms with Gasteiger partial charge < -0.3 is 10.0 Å². The van der Waals surface area contributed by atoms with Crippen molar-refractivity contribution in [3.8, 4) is 0 Å². The second kappa shape index (κ2) is 9.08. The molecule has 2 aromatic carbocycles. The maximum atomic E-state index is 11.5. The molecular formula is C25H26ClN3O2. The van der Waals surface area contributed by atoms with Crippen LogP contribution >= 0.6 is 11.6 Å². The number of nitrogens with zero attached hydrogens (tertiary/aromatic N) is 3. The second-order valence-electron chi connectivity index (χ2n) is 8.04. The summed E-state index contributed by atoms with van der Waals surface area (Å²) in [6.45, 7) is 0.977. The molecule has 3 aromatic rings. The van der Waals surface area contributed by atoms with Gasteiger partial charge in [0.15, 0.2) is 0 Å². The van der Waals surface area contributed by atoms with Gasteiger partial charge in [0.05, 0.1) is 5.56 Å². The van der Waals surface area contributed by atoms with Crippen LogP contribution in [-0.2, 0) is 12.8 Å². The molecule has 0 fully saturated rings. The molecule has 2 heterocycles. The number of carboxylic acid groups (broad SMARTS) is 1. The Bertz CT molecular complexity index is 1080. The number of hydrogen-bond donors (Lipinski definition) is 1. The van der Waals surface area contributed by atoms with E-state index >= 15 is 0 Å². The summed E-state index contributed by atoms with van der Waals surface area (Å²) in [7, 11) is 4.20. The maximum Gasteiger partial charge on any atom is 0.336 e. The predicted molar refractivity (Wildman–Crippen MR) is 125 cm³/mol. The fourth-order valence-corrected chi connectivity index (χ4v) is 4.48. The number of aryl methyl sites for hydroxylation is 1. The van der Waals surface area contributed by atoms with Crippen molar-refractivity contribution in [2.24, 2.45) is 0 Å². The SMILES string of the molecule is CN(c1ccc(Cl)cc1)c1ccc2c(c1)CCN(C)[C@H]2CCc1cnccc1C(=O)O.